The monoisotopic (exact) mass is 211 g/mol. The minimum Gasteiger partial charge on any atom is -0.322 e. The SMILES string of the molecule is CCC(N)C(=O)Cc1cccc(Cl)c1. The highest BCUT2D eigenvalue weighted by atomic mass is 35.5. The maximum absolute atomic E-state index is 11.5. The van der Waals surface area contributed by atoms with Crippen LogP contribution in [0.2, 0.25) is 5.02 Å². The lowest BCUT2D eigenvalue weighted by atomic mass is 10.0. The first-order valence-corrected chi connectivity index (χ1v) is 5.04. The summed E-state index contributed by atoms with van der Waals surface area (Å²) in [6, 6.07) is 6.94. The fourth-order valence-corrected chi connectivity index (χ4v) is 1.42. The predicted octanol–water partition coefficient (Wildman–Crippen LogP) is 2.19. The molecule has 0 heterocycles. The molecule has 0 aliphatic rings. The van der Waals surface area contributed by atoms with Crippen molar-refractivity contribution in [1.29, 1.82) is 0 Å². The maximum atomic E-state index is 11.5. The van der Waals surface area contributed by atoms with Crippen LogP contribution in [0.3, 0.4) is 0 Å². The summed E-state index contributed by atoms with van der Waals surface area (Å²) < 4.78 is 0. The van der Waals surface area contributed by atoms with Crippen LogP contribution in [0, 0.1) is 0 Å². The quantitative estimate of drug-likeness (QED) is 0.830. The van der Waals surface area contributed by atoms with Crippen LogP contribution in [0.25, 0.3) is 0 Å². The molecule has 0 saturated heterocycles. The van der Waals surface area contributed by atoms with Crippen molar-refractivity contribution in [3.8, 4) is 0 Å². The van der Waals surface area contributed by atoms with Gasteiger partial charge in [0.15, 0.2) is 5.78 Å². The van der Waals surface area contributed by atoms with Gasteiger partial charge in [-0.2, -0.15) is 0 Å². The predicted molar refractivity (Wildman–Crippen MR) is 58.4 cm³/mol. The number of carbonyl (C=O) groups excluding carboxylic acids is 1. The summed E-state index contributed by atoms with van der Waals surface area (Å²) in [5, 5.41) is 0.653. The highest BCUT2D eigenvalue weighted by Gasteiger charge is 2.11. The van der Waals surface area contributed by atoms with Crippen LogP contribution in [0.1, 0.15) is 18.9 Å². The summed E-state index contributed by atoms with van der Waals surface area (Å²) in [5.41, 5.74) is 6.54. The first-order valence-electron chi connectivity index (χ1n) is 4.66. The second kappa shape index (κ2) is 5.13. The van der Waals surface area contributed by atoms with Gasteiger partial charge in [0, 0.05) is 11.4 Å². The zero-order valence-electron chi connectivity index (χ0n) is 8.16. The minimum atomic E-state index is -0.353. The second-order valence-electron chi connectivity index (χ2n) is 3.29. The van der Waals surface area contributed by atoms with E-state index < -0.39 is 0 Å². The Morgan fingerprint density at radius 1 is 1.57 bits per heavy atom. The molecule has 76 valence electrons. The number of rotatable bonds is 4. The van der Waals surface area contributed by atoms with Crippen LogP contribution >= 0.6 is 11.6 Å². The molecule has 0 bridgehead atoms. The van der Waals surface area contributed by atoms with Gasteiger partial charge in [0.05, 0.1) is 6.04 Å². The molecular weight excluding hydrogens is 198 g/mol. The summed E-state index contributed by atoms with van der Waals surface area (Å²) in [7, 11) is 0. The standard InChI is InChI=1S/C11H14ClNO/c1-2-10(13)11(14)7-8-4-3-5-9(12)6-8/h3-6,10H,2,7,13H2,1H3. The van der Waals surface area contributed by atoms with Gasteiger partial charge in [-0.25, -0.2) is 0 Å². The number of nitrogens with two attached hydrogens (primary N) is 1. The van der Waals surface area contributed by atoms with Crippen LogP contribution < -0.4 is 5.73 Å². The van der Waals surface area contributed by atoms with E-state index in [2.05, 4.69) is 0 Å². The van der Waals surface area contributed by atoms with Crippen molar-refractivity contribution in [3.63, 3.8) is 0 Å². The van der Waals surface area contributed by atoms with Crippen LogP contribution in [0.15, 0.2) is 24.3 Å². The minimum absolute atomic E-state index is 0.0646. The van der Waals surface area contributed by atoms with Gasteiger partial charge in [0.25, 0.3) is 0 Å². The van der Waals surface area contributed by atoms with Gasteiger partial charge in [0.2, 0.25) is 0 Å². The second-order valence-corrected chi connectivity index (χ2v) is 3.72. The van der Waals surface area contributed by atoms with E-state index in [9.17, 15) is 4.79 Å². The molecule has 1 aromatic carbocycles. The van der Waals surface area contributed by atoms with Crippen molar-refractivity contribution in [2.24, 2.45) is 5.73 Å². The van der Waals surface area contributed by atoms with Crippen molar-refractivity contribution in [3.05, 3.63) is 34.9 Å². The van der Waals surface area contributed by atoms with E-state index in [1.807, 2.05) is 19.1 Å². The smallest absolute Gasteiger partial charge is 0.153 e. The molecule has 1 atom stereocenters. The van der Waals surface area contributed by atoms with Gasteiger partial charge in [-0.1, -0.05) is 30.7 Å². The average Bonchev–Trinajstić information content (AvgIpc) is 2.16. The molecule has 2 N–H and O–H groups in total. The zero-order chi connectivity index (χ0) is 10.6. The number of ketones is 1. The van der Waals surface area contributed by atoms with Crippen molar-refractivity contribution in [2.75, 3.05) is 0 Å². The number of Topliss-reactive ketones (excluding diaryl/α,β-unsaturated/α-hetero) is 1. The maximum Gasteiger partial charge on any atom is 0.153 e. The van der Waals surface area contributed by atoms with E-state index in [4.69, 9.17) is 17.3 Å². The number of benzene rings is 1. The summed E-state index contributed by atoms with van der Waals surface area (Å²) in [4.78, 5) is 11.5. The van der Waals surface area contributed by atoms with Crippen LogP contribution in [-0.4, -0.2) is 11.8 Å². The Morgan fingerprint density at radius 3 is 2.86 bits per heavy atom. The molecule has 14 heavy (non-hydrogen) atoms. The van der Waals surface area contributed by atoms with Gasteiger partial charge in [-0.3, -0.25) is 4.79 Å². The van der Waals surface area contributed by atoms with E-state index in [0.717, 1.165) is 5.56 Å². The summed E-state index contributed by atoms with van der Waals surface area (Å²) in [5.74, 6) is 0.0646. The lowest BCUT2D eigenvalue weighted by Crippen LogP contribution is -2.30. The third-order valence-corrected chi connectivity index (χ3v) is 2.36. The first kappa shape index (κ1) is 11.2. The third kappa shape index (κ3) is 3.13. The summed E-state index contributed by atoms with van der Waals surface area (Å²) in [6.07, 6.45) is 1.05. The molecule has 0 radical (unpaired) electrons. The molecular formula is C11H14ClNO. The van der Waals surface area contributed by atoms with E-state index >= 15 is 0 Å². The van der Waals surface area contributed by atoms with Gasteiger partial charge < -0.3 is 5.73 Å². The van der Waals surface area contributed by atoms with Crippen molar-refractivity contribution < 1.29 is 4.79 Å². The Labute approximate surface area is 89.1 Å². The number of hydrogen-bond donors (Lipinski definition) is 1. The van der Waals surface area contributed by atoms with Gasteiger partial charge in [-0.15, -0.1) is 0 Å². The molecule has 1 aromatic rings. The van der Waals surface area contributed by atoms with Gasteiger partial charge in [0.1, 0.15) is 0 Å². The van der Waals surface area contributed by atoms with Crippen molar-refractivity contribution in [1.82, 2.24) is 0 Å². The summed E-state index contributed by atoms with van der Waals surface area (Å²) >= 11 is 5.80. The topological polar surface area (TPSA) is 43.1 Å². The van der Waals surface area contributed by atoms with Crippen LogP contribution in [0.5, 0.6) is 0 Å². The normalized spacial score (nSPS) is 12.5. The van der Waals surface area contributed by atoms with Gasteiger partial charge >= 0.3 is 0 Å². The Bertz CT molecular complexity index is 325. The first-order chi connectivity index (χ1) is 6.63. The largest absolute Gasteiger partial charge is 0.322 e. The third-order valence-electron chi connectivity index (χ3n) is 2.12. The Balaban J connectivity index is 2.65. The molecule has 0 amide bonds. The summed E-state index contributed by atoms with van der Waals surface area (Å²) in [6.45, 7) is 1.90. The zero-order valence-corrected chi connectivity index (χ0v) is 8.92. The molecule has 0 aliphatic carbocycles. The molecule has 1 unspecified atom stereocenters. The molecule has 1 rings (SSSR count). The fourth-order valence-electron chi connectivity index (χ4n) is 1.21. The van der Waals surface area contributed by atoms with E-state index in [0.29, 0.717) is 17.9 Å². The molecule has 0 spiro atoms. The average molecular weight is 212 g/mol. The molecule has 0 fully saturated rings. The number of hydrogen-bond acceptors (Lipinski definition) is 2. The highest BCUT2D eigenvalue weighted by molar-refractivity contribution is 6.30. The van der Waals surface area contributed by atoms with E-state index in [1.54, 1.807) is 12.1 Å². The van der Waals surface area contributed by atoms with E-state index in [1.165, 1.54) is 0 Å². The van der Waals surface area contributed by atoms with Gasteiger partial charge in [-0.05, 0) is 24.1 Å². The fraction of sp³-hybridized carbons (Fsp3) is 0.364. The Kier molecular flexibility index (Phi) is 4.11. The Hall–Kier alpha value is -0.860. The number of carbonyl (C=O) groups is 1. The van der Waals surface area contributed by atoms with Crippen LogP contribution in [-0.2, 0) is 11.2 Å². The van der Waals surface area contributed by atoms with Crippen molar-refractivity contribution in [2.45, 2.75) is 25.8 Å². The lowest BCUT2D eigenvalue weighted by Gasteiger charge is -2.07. The molecule has 0 aromatic heterocycles. The lowest BCUT2D eigenvalue weighted by molar-refractivity contribution is -0.119. The van der Waals surface area contributed by atoms with Crippen molar-refractivity contribution >= 4 is 17.4 Å². The molecule has 0 saturated carbocycles. The van der Waals surface area contributed by atoms with Crippen LogP contribution in [0.4, 0.5) is 0 Å². The molecule has 3 heteroatoms. The highest BCUT2D eigenvalue weighted by Crippen LogP contribution is 2.11. The Morgan fingerprint density at radius 2 is 2.29 bits per heavy atom. The van der Waals surface area contributed by atoms with E-state index in [-0.39, 0.29) is 11.8 Å². The number of halogens is 1. The molecule has 0 aliphatic heterocycles. The molecule has 2 nitrogen and oxygen atoms in total.